The van der Waals surface area contributed by atoms with Crippen LogP contribution in [-0.2, 0) is 14.3 Å². The molecule has 7 rings (SSSR count). The summed E-state index contributed by atoms with van der Waals surface area (Å²) in [5.41, 5.74) is 5.98. The number of aromatic nitrogens is 1. The number of fused-ring (bicyclic) bond motifs is 1. The van der Waals surface area contributed by atoms with Crippen LogP contribution in [0.4, 0.5) is 28.8 Å². The number of piperidine rings is 1. The molecule has 1 unspecified atom stereocenters. The van der Waals surface area contributed by atoms with Crippen molar-refractivity contribution in [3.05, 3.63) is 58.2 Å². The van der Waals surface area contributed by atoms with E-state index in [2.05, 4.69) is 31.4 Å². The Morgan fingerprint density at radius 1 is 0.944 bits per heavy atom. The predicted octanol–water partition coefficient (Wildman–Crippen LogP) is 1.43. The van der Waals surface area contributed by atoms with Gasteiger partial charge in [-0.15, -0.1) is 11.3 Å². The molecule has 20 heteroatoms. The molecule has 4 N–H and O–H groups in total. The Bertz CT molecular complexity index is 1970. The maximum Gasteiger partial charge on any atom is 0.331 e. The lowest BCUT2D eigenvalue weighted by atomic mass is 10.0. The lowest BCUT2D eigenvalue weighted by Crippen LogP contribution is -2.55. The molecule has 4 aliphatic rings. The van der Waals surface area contributed by atoms with Crippen molar-refractivity contribution < 1.29 is 46.6 Å². The predicted molar refractivity (Wildman–Crippen MR) is 187 cm³/mol. The van der Waals surface area contributed by atoms with Gasteiger partial charge in [0.2, 0.25) is 17.6 Å². The molecule has 286 valence electrons. The third-order valence-corrected chi connectivity index (χ3v) is 10.3. The number of morpholine rings is 1. The molecule has 1 atom stereocenters. The van der Waals surface area contributed by atoms with E-state index in [-0.39, 0.29) is 81.4 Å². The normalized spacial score (nSPS) is 19.0. The number of benzene rings is 2. The summed E-state index contributed by atoms with van der Waals surface area (Å²) in [5.74, 6) is -5.92. The number of thiazole rings is 1. The second-order valence-electron chi connectivity index (χ2n) is 12.8. The highest BCUT2D eigenvalue weighted by Crippen LogP contribution is 2.37. The van der Waals surface area contributed by atoms with Crippen molar-refractivity contribution in [2.45, 2.75) is 18.9 Å². The van der Waals surface area contributed by atoms with Crippen molar-refractivity contribution in [2.75, 3.05) is 82.1 Å². The van der Waals surface area contributed by atoms with Crippen LogP contribution in [0.5, 0.6) is 5.75 Å². The molecule has 1 aromatic heterocycles. The quantitative estimate of drug-likeness (QED) is 0.0957. The molecule has 0 spiro atoms. The van der Waals surface area contributed by atoms with Crippen LogP contribution < -0.4 is 36.0 Å². The van der Waals surface area contributed by atoms with Gasteiger partial charge in [-0.2, -0.15) is 4.39 Å². The van der Waals surface area contributed by atoms with Gasteiger partial charge in [0.05, 0.1) is 42.4 Å². The van der Waals surface area contributed by atoms with Crippen LogP contribution in [0, 0.1) is 17.5 Å². The Hall–Kier alpha value is -5.31. The molecule has 3 fully saturated rings. The number of nitrogens with one attached hydrogen (secondary N) is 4. The lowest BCUT2D eigenvalue weighted by Gasteiger charge is -2.36. The molecule has 6 amide bonds. The van der Waals surface area contributed by atoms with E-state index in [4.69, 9.17) is 9.47 Å². The van der Waals surface area contributed by atoms with Crippen LogP contribution in [0.3, 0.4) is 0 Å². The fraction of sp³-hybridized carbons (Fsp3) is 0.412. The fourth-order valence-electron chi connectivity index (χ4n) is 6.61. The maximum atomic E-state index is 15.3. The Balaban J connectivity index is 0.851. The Morgan fingerprint density at radius 3 is 2.43 bits per heavy atom. The molecular formula is C34H36F3N9O7S. The van der Waals surface area contributed by atoms with E-state index in [1.165, 1.54) is 28.4 Å². The summed E-state index contributed by atoms with van der Waals surface area (Å²) in [6.45, 7) is 3.77. The highest BCUT2D eigenvalue weighted by molar-refractivity contribution is 7.14. The molecule has 54 heavy (non-hydrogen) atoms. The summed E-state index contributed by atoms with van der Waals surface area (Å²) in [7, 11) is 0. The second kappa shape index (κ2) is 16.0. The van der Waals surface area contributed by atoms with E-state index in [0.29, 0.717) is 37.6 Å². The smallest absolute Gasteiger partial charge is 0.331 e. The van der Waals surface area contributed by atoms with Gasteiger partial charge in [-0.05, 0) is 30.7 Å². The zero-order chi connectivity index (χ0) is 37.9. The molecule has 3 saturated heterocycles. The number of halogens is 3. The second-order valence-corrected chi connectivity index (χ2v) is 13.6. The number of hydrogen-bond donors (Lipinski definition) is 4. The first-order chi connectivity index (χ1) is 26.1. The number of urea groups is 1. The van der Waals surface area contributed by atoms with Gasteiger partial charge < -0.3 is 24.2 Å². The number of ether oxygens (including phenoxy) is 2. The van der Waals surface area contributed by atoms with E-state index in [9.17, 15) is 32.8 Å². The molecule has 5 heterocycles. The van der Waals surface area contributed by atoms with Gasteiger partial charge in [-0.25, -0.2) is 24.0 Å². The van der Waals surface area contributed by atoms with Crippen LogP contribution in [0.15, 0.2) is 29.6 Å². The number of hydrazine groups is 1. The first-order valence-electron chi connectivity index (χ1n) is 17.3. The minimum absolute atomic E-state index is 0.0145. The minimum atomic E-state index is -1.16. The highest BCUT2D eigenvalue weighted by Gasteiger charge is 2.45. The van der Waals surface area contributed by atoms with Crippen molar-refractivity contribution in [3.8, 4) is 17.0 Å². The molecule has 0 saturated carbocycles. The number of piperazine rings is 1. The largest absolute Gasteiger partial charge is 0.488 e. The summed E-state index contributed by atoms with van der Waals surface area (Å²) in [6.07, 6.45) is -0.0471. The van der Waals surface area contributed by atoms with Crippen molar-refractivity contribution >= 4 is 51.8 Å². The molecule has 0 aliphatic carbocycles. The molecular weight excluding hydrogens is 735 g/mol. The van der Waals surface area contributed by atoms with Crippen LogP contribution in [-0.4, -0.2) is 123 Å². The van der Waals surface area contributed by atoms with Crippen molar-refractivity contribution in [1.82, 2.24) is 36.3 Å². The van der Waals surface area contributed by atoms with E-state index in [1.54, 1.807) is 10.3 Å². The zero-order valence-electron chi connectivity index (χ0n) is 28.8. The number of nitrogens with zero attached hydrogens (tertiary/aromatic N) is 5. The number of hydrogen-bond acceptors (Lipinski definition) is 13. The highest BCUT2D eigenvalue weighted by atomic mass is 32.1. The average molecular weight is 772 g/mol. The molecule has 0 bridgehead atoms. The number of rotatable bonds is 11. The zero-order valence-corrected chi connectivity index (χ0v) is 29.6. The molecule has 0 radical (unpaired) electrons. The van der Waals surface area contributed by atoms with Crippen LogP contribution in [0.1, 0.15) is 33.6 Å². The molecule has 4 aliphatic heterocycles. The van der Waals surface area contributed by atoms with E-state index >= 15 is 4.39 Å². The third-order valence-electron chi connectivity index (χ3n) is 9.45. The van der Waals surface area contributed by atoms with Gasteiger partial charge in [-0.1, -0.05) is 0 Å². The van der Waals surface area contributed by atoms with Gasteiger partial charge in [0.25, 0.3) is 11.8 Å². The monoisotopic (exact) mass is 771 g/mol. The summed E-state index contributed by atoms with van der Waals surface area (Å²) in [5, 5.41) is 7.64. The molecule has 16 nitrogen and oxygen atoms in total. The van der Waals surface area contributed by atoms with E-state index in [1.807, 2.05) is 0 Å². The van der Waals surface area contributed by atoms with Crippen LogP contribution >= 0.6 is 11.3 Å². The summed E-state index contributed by atoms with van der Waals surface area (Å²) in [6, 6.07) is 3.13. The minimum Gasteiger partial charge on any atom is -0.488 e. The molecule has 3 aromatic rings. The first-order valence-corrected chi connectivity index (χ1v) is 18.2. The van der Waals surface area contributed by atoms with Crippen LogP contribution in [0.2, 0.25) is 0 Å². The third kappa shape index (κ3) is 7.54. The summed E-state index contributed by atoms with van der Waals surface area (Å²) in [4.78, 5) is 73.5. The fourth-order valence-corrected chi connectivity index (χ4v) is 7.49. The van der Waals surface area contributed by atoms with Gasteiger partial charge in [-0.3, -0.25) is 40.1 Å². The Labute approximate surface area is 310 Å². The topological polar surface area (TPSA) is 178 Å². The first kappa shape index (κ1) is 37.0. The van der Waals surface area contributed by atoms with Crippen molar-refractivity contribution in [2.24, 2.45) is 0 Å². The Morgan fingerprint density at radius 2 is 1.69 bits per heavy atom. The van der Waals surface area contributed by atoms with Gasteiger partial charge in [0.1, 0.15) is 18.5 Å². The summed E-state index contributed by atoms with van der Waals surface area (Å²) < 4.78 is 55.3. The van der Waals surface area contributed by atoms with Gasteiger partial charge >= 0.3 is 6.03 Å². The number of imide groups is 2. The summed E-state index contributed by atoms with van der Waals surface area (Å²) >= 11 is 1.40. The van der Waals surface area contributed by atoms with Crippen molar-refractivity contribution in [1.29, 1.82) is 0 Å². The lowest BCUT2D eigenvalue weighted by molar-refractivity contribution is -0.136. The van der Waals surface area contributed by atoms with Crippen molar-refractivity contribution in [3.63, 3.8) is 0 Å². The van der Waals surface area contributed by atoms with E-state index < -0.39 is 53.2 Å². The molecule has 2 aromatic carbocycles. The number of amides is 6. The van der Waals surface area contributed by atoms with E-state index in [0.717, 1.165) is 22.2 Å². The maximum absolute atomic E-state index is 15.3. The Kier molecular flexibility index (Phi) is 10.9. The number of carbonyl (C=O) groups excluding carboxylic acids is 5. The average Bonchev–Trinajstić information content (AvgIpc) is 3.75. The van der Waals surface area contributed by atoms with Gasteiger partial charge in [0, 0.05) is 63.2 Å². The standard InChI is InChI=1S/C34H36F3N9O7S/c35-22-2-1-19(24-17-54-34(40-24)45-10-13-52-14-11-45)29(28(22)37)53-12-5-38-18-39-42-33(51)44-8-6-43(7-9-44)26-16-21-20(15-23(26)36)31(49)46(32(21)50)25-3-4-27(47)41-30(25)48/h1-2,15-17,25,38-39H,3-14,18H2,(H,42,51)(H,41,47,48). The SMILES string of the molecule is O=C1CCC(N2C(=O)c3cc(F)c(N4CCN(C(=O)NNCNCCOc5c(-c6csc(N7CCOCC7)n6)ccc(F)c5F)CC4)cc3C2=O)C(=O)N1. The van der Waals surface area contributed by atoms with Gasteiger partial charge in [0.15, 0.2) is 16.7 Å². The van der Waals surface area contributed by atoms with Crippen LogP contribution in [0.25, 0.3) is 11.3 Å². The number of carbonyl (C=O) groups is 5. The number of anilines is 2.